The van der Waals surface area contributed by atoms with Crippen LogP contribution in [0.5, 0.6) is 0 Å². The Bertz CT molecular complexity index is 648. The summed E-state index contributed by atoms with van der Waals surface area (Å²) in [5.74, 6) is 0. The van der Waals surface area contributed by atoms with Crippen LogP contribution >= 0.6 is 11.6 Å². The normalized spacial score (nSPS) is 13.2. The van der Waals surface area contributed by atoms with Crippen molar-refractivity contribution < 1.29 is 8.42 Å². The second-order valence-corrected chi connectivity index (χ2v) is 6.03. The summed E-state index contributed by atoms with van der Waals surface area (Å²) in [7, 11) is -3.64. The van der Waals surface area contributed by atoms with Crippen LogP contribution in [-0.2, 0) is 21.4 Å². The average molecular weight is 290 g/mol. The van der Waals surface area contributed by atoms with E-state index in [1.54, 1.807) is 12.1 Å². The molecule has 8 heteroatoms. The molecule has 0 saturated heterocycles. The molecule has 0 fully saturated rings. The molecule has 0 unspecified atom stereocenters. The molecule has 90 valence electrons. The number of halogens is 1. The molecule has 1 aromatic carbocycles. The first-order valence-electron chi connectivity index (χ1n) is 4.55. The third kappa shape index (κ3) is 2.63. The van der Waals surface area contributed by atoms with Crippen molar-refractivity contribution in [1.82, 2.24) is 4.72 Å². The van der Waals surface area contributed by atoms with E-state index >= 15 is 0 Å². The Kier molecular flexibility index (Phi) is 3.43. The number of hydrogen-bond donors (Lipinski definition) is 1. The van der Waals surface area contributed by atoms with Crippen LogP contribution in [0.1, 0.15) is 0 Å². The maximum atomic E-state index is 12.0. The molecule has 1 aromatic rings. The topological polar surface area (TPSA) is 70.9 Å². The van der Waals surface area contributed by atoms with Crippen LogP contribution in [-0.4, -0.2) is 15.0 Å². The van der Waals surface area contributed by atoms with Crippen LogP contribution in [0.2, 0.25) is 0 Å². The van der Waals surface area contributed by atoms with Crippen molar-refractivity contribution in [3.8, 4) is 0 Å². The minimum Gasteiger partial charge on any atom is -0.207 e. The molecule has 0 atom stereocenters. The van der Waals surface area contributed by atoms with Crippen molar-refractivity contribution in [2.45, 2.75) is 4.90 Å². The predicted molar refractivity (Wildman–Crippen MR) is 68.2 cm³/mol. The molecular formula is C9H8ClN3O2S2. The lowest BCUT2D eigenvalue weighted by Gasteiger charge is -2.07. The summed E-state index contributed by atoms with van der Waals surface area (Å²) in [6.07, 6.45) is 0. The highest BCUT2D eigenvalue weighted by Crippen LogP contribution is 2.37. The van der Waals surface area contributed by atoms with Gasteiger partial charge in [-0.25, -0.2) is 13.1 Å². The van der Waals surface area contributed by atoms with Gasteiger partial charge in [-0.15, -0.1) is 0 Å². The first kappa shape index (κ1) is 12.4. The van der Waals surface area contributed by atoms with Gasteiger partial charge in [0.05, 0.1) is 11.4 Å². The van der Waals surface area contributed by atoms with Crippen LogP contribution in [0.25, 0.3) is 0 Å². The average Bonchev–Trinajstić information content (AvgIpc) is 2.74. The Hall–Kier alpha value is -1.02. The number of nitrogens with one attached hydrogen (secondary N) is 1. The van der Waals surface area contributed by atoms with E-state index in [-0.39, 0.29) is 16.5 Å². The Morgan fingerprint density at radius 2 is 2.24 bits per heavy atom. The molecule has 17 heavy (non-hydrogen) atoms. The van der Waals surface area contributed by atoms with Gasteiger partial charge in [0.15, 0.2) is 0 Å². The number of rotatable bonds is 4. The van der Waals surface area contributed by atoms with Gasteiger partial charge in [-0.05, 0) is 12.1 Å². The zero-order valence-corrected chi connectivity index (χ0v) is 10.9. The van der Waals surface area contributed by atoms with Crippen molar-refractivity contribution in [2.24, 2.45) is 8.73 Å². The molecular weight excluding hydrogens is 282 g/mol. The van der Waals surface area contributed by atoms with Gasteiger partial charge in [0, 0.05) is 11.6 Å². The number of fused-ring (bicyclic) bond motifs is 1. The lowest BCUT2D eigenvalue weighted by atomic mass is 10.3. The standard InChI is InChI=1S/C9H8ClN3O2S2/c1-6(10)5-11-17(14,15)8-4-2-3-7-9(8)13-16-12-7/h2-4,11H,1,5H2. The first-order valence-corrected chi connectivity index (χ1v) is 7.14. The van der Waals surface area contributed by atoms with E-state index in [9.17, 15) is 8.42 Å². The molecule has 1 N–H and O–H groups in total. The van der Waals surface area contributed by atoms with Crippen molar-refractivity contribution in [3.63, 3.8) is 0 Å². The van der Waals surface area contributed by atoms with E-state index in [2.05, 4.69) is 20.0 Å². The van der Waals surface area contributed by atoms with Crippen molar-refractivity contribution in [3.05, 3.63) is 29.8 Å². The molecule has 5 nitrogen and oxygen atoms in total. The predicted octanol–water partition coefficient (Wildman–Crippen LogP) is 2.44. The van der Waals surface area contributed by atoms with Gasteiger partial charge in [0.2, 0.25) is 10.0 Å². The van der Waals surface area contributed by atoms with Crippen LogP contribution in [0.15, 0.2) is 43.4 Å². The molecule has 2 rings (SSSR count). The molecule has 0 bridgehead atoms. The summed E-state index contributed by atoms with van der Waals surface area (Å²) in [6, 6.07) is 4.80. The molecule has 0 amide bonds. The van der Waals surface area contributed by atoms with Crippen molar-refractivity contribution in [2.75, 3.05) is 6.54 Å². The summed E-state index contributed by atoms with van der Waals surface area (Å²) in [4.78, 5) is 0.0988. The minimum atomic E-state index is -3.64. The second-order valence-electron chi connectivity index (χ2n) is 3.23. The van der Waals surface area contributed by atoms with Gasteiger partial charge in [-0.2, -0.15) is 8.73 Å². The summed E-state index contributed by atoms with van der Waals surface area (Å²) < 4.78 is 34.2. The zero-order chi connectivity index (χ0) is 12.5. The van der Waals surface area contributed by atoms with Crippen molar-refractivity contribution in [1.29, 1.82) is 0 Å². The van der Waals surface area contributed by atoms with Crippen molar-refractivity contribution >= 4 is 44.4 Å². The molecule has 1 aliphatic rings. The van der Waals surface area contributed by atoms with Gasteiger partial charge in [0.25, 0.3) is 0 Å². The zero-order valence-electron chi connectivity index (χ0n) is 8.55. The molecule has 0 radical (unpaired) electrons. The summed E-state index contributed by atoms with van der Waals surface area (Å²) in [5.41, 5.74) is 0.924. The highest BCUT2D eigenvalue weighted by atomic mass is 35.5. The van der Waals surface area contributed by atoms with Gasteiger partial charge in [0.1, 0.15) is 16.3 Å². The Morgan fingerprint density at radius 1 is 1.47 bits per heavy atom. The Labute approximate surface area is 107 Å². The fourth-order valence-corrected chi connectivity index (χ4v) is 3.19. The number of nitrogens with zero attached hydrogens (tertiary/aromatic N) is 2. The van der Waals surface area contributed by atoms with E-state index in [4.69, 9.17) is 11.6 Å². The molecule has 0 saturated carbocycles. The van der Waals surface area contributed by atoms with E-state index in [0.29, 0.717) is 11.4 Å². The SMILES string of the molecule is C=C(Cl)CNS(=O)(=O)c1cccc2c1N=S=N2. The van der Waals surface area contributed by atoms with E-state index in [1.807, 2.05) is 0 Å². The van der Waals surface area contributed by atoms with Gasteiger partial charge < -0.3 is 0 Å². The second kappa shape index (κ2) is 4.69. The quantitative estimate of drug-likeness (QED) is 0.939. The monoisotopic (exact) mass is 289 g/mol. The smallest absolute Gasteiger partial charge is 0.207 e. The van der Waals surface area contributed by atoms with E-state index < -0.39 is 10.0 Å². The van der Waals surface area contributed by atoms with E-state index in [0.717, 1.165) is 11.4 Å². The lowest BCUT2D eigenvalue weighted by molar-refractivity contribution is 0.585. The first-order chi connectivity index (χ1) is 8.00. The Balaban J connectivity index is 2.38. The Morgan fingerprint density at radius 3 is 2.94 bits per heavy atom. The van der Waals surface area contributed by atoms with Crippen LogP contribution in [0.3, 0.4) is 0 Å². The molecule has 0 spiro atoms. The number of hydrogen-bond acceptors (Lipinski definition) is 4. The number of benzene rings is 1. The van der Waals surface area contributed by atoms with Crippen LogP contribution in [0.4, 0.5) is 11.4 Å². The van der Waals surface area contributed by atoms with Gasteiger partial charge >= 0.3 is 0 Å². The summed E-state index contributed by atoms with van der Waals surface area (Å²) >= 11 is 6.49. The third-order valence-corrected chi connectivity index (χ3v) is 4.10. The molecule has 0 aromatic heterocycles. The number of sulfonamides is 1. The maximum absolute atomic E-state index is 12.0. The largest absolute Gasteiger partial charge is 0.243 e. The van der Waals surface area contributed by atoms with E-state index in [1.165, 1.54) is 6.07 Å². The van der Waals surface area contributed by atoms with Crippen LogP contribution < -0.4 is 4.72 Å². The minimum absolute atomic E-state index is 0.0160. The fourth-order valence-electron chi connectivity index (χ4n) is 1.25. The highest BCUT2D eigenvalue weighted by molar-refractivity contribution is 7.89. The van der Waals surface area contributed by atoms with Gasteiger partial charge in [-0.1, -0.05) is 24.2 Å². The molecule has 1 aliphatic heterocycles. The highest BCUT2D eigenvalue weighted by Gasteiger charge is 2.21. The molecule has 1 heterocycles. The molecule has 0 aliphatic carbocycles. The third-order valence-electron chi connectivity index (χ3n) is 1.99. The van der Waals surface area contributed by atoms with Gasteiger partial charge in [-0.3, -0.25) is 0 Å². The lowest BCUT2D eigenvalue weighted by Crippen LogP contribution is -2.24. The summed E-state index contributed by atoms with van der Waals surface area (Å²) in [6.45, 7) is 3.40. The fraction of sp³-hybridized carbons (Fsp3) is 0.111. The van der Waals surface area contributed by atoms with Crippen LogP contribution in [0, 0.1) is 0 Å². The summed E-state index contributed by atoms with van der Waals surface area (Å²) in [5, 5.41) is 0.220. The maximum Gasteiger partial charge on any atom is 0.243 e.